The molecule has 2 amide bonds. The van der Waals surface area contributed by atoms with Crippen molar-refractivity contribution in [3.05, 3.63) is 24.3 Å². The minimum Gasteiger partial charge on any atom is -0.483 e. The van der Waals surface area contributed by atoms with Crippen molar-refractivity contribution in [2.45, 2.75) is 26.8 Å². The predicted octanol–water partition coefficient (Wildman–Crippen LogP) is 2.31. The fourth-order valence-corrected chi connectivity index (χ4v) is 2.52. The molecule has 1 atom stereocenters. The number of aliphatic imine (C=N–C) groups is 1. The minimum atomic E-state index is -0.402. The van der Waals surface area contributed by atoms with Gasteiger partial charge in [0.25, 0.3) is 0 Å². The van der Waals surface area contributed by atoms with Crippen LogP contribution in [-0.2, 0) is 9.59 Å². The Kier molecular flexibility index (Phi) is 8.18. The summed E-state index contributed by atoms with van der Waals surface area (Å²) in [5.74, 6) is 1.47. The second kappa shape index (κ2) is 9.89. The number of benzene rings is 1. The topological polar surface area (TPSA) is 79.8 Å². The second-order valence-corrected chi connectivity index (χ2v) is 6.02. The Labute approximate surface area is 141 Å². The van der Waals surface area contributed by atoms with Crippen molar-refractivity contribution in [3.8, 4) is 5.75 Å². The lowest BCUT2D eigenvalue weighted by Gasteiger charge is -2.12. The van der Waals surface area contributed by atoms with Crippen molar-refractivity contribution in [3.63, 3.8) is 0 Å². The molecular weight excluding hydrogens is 314 g/mol. The fraction of sp³-hybridized carbons (Fsp3) is 0.438. The summed E-state index contributed by atoms with van der Waals surface area (Å²) in [7, 11) is 1.60. The van der Waals surface area contributed by atoms with Gasteiger partial charge in [-0.1, -0.05) is 0 Å². The second-order valence-electron chi connectivity index (χ2n) is 5.04. The highest BCUT2D eigenvalue weighted by Gasteiger charge is 2.15. The van der Waals surface area contributed by atoms with Crippen molar-refractivity contribution in [1.29, 1.82) is 0 Å². The maximum absolute atomic E-state index is 11.7. The Morgan fingerprint density at radius 2 is 1.87 bits per heavy atom. The summed E-state index contributed by atoms with van der Waals surface area (Å²) < 4.78 is 5.60. The summed E-state index contributed by atoms with van der Waals surface area (Å²) in [6.07, 6.45) is 0. The van der Waals surface area contributed by atoms with Crippen LogP contribution >= 0.6 is 11.8 Å². The van der Waals surface area contributed by atoms with Crippen molar-refractivity contribution in [2.24, 2.45) is 4.99 Å². The smallest absolute Gasteiger partial charge is 0.245 e. The van der Waals surface area contributed by atoms with Crippen LogP contribution in [0, 0.1) is 0 Å². The van der Waals surface area contributed by atoms with Gasteiger partial charge in [0.2, 0.25) is 11.8 Å². The molecule has 6 nitrogen and oxygen atoms in total. The summed E-state index contributed by atoms with van der Waals surface area (Å²) >= 11 is 1.50. The van der Waals surface area contributed by atoms with Gasteiger partial charge >= 0.3 is 0 Å². The fourth-order valence-electron chi connectivity index (χ4n) is 1.76. The van der Waals surface area contributed by atoms with Gasteiger partial charge < -0.3 is 15.4 Å². The van der Waals surface area contributed by atoms with Gasteiger partial charge in [0.15, 0.2) is 0 Å². The van der Waals surface area contributed by atoms with Crippen LogP contribution in [0.4, 0.5) is 5.69 Å². The lowest BCUT2D eigenvalue weighted by atomic mass is 10.3. The van der Waals surface area contributed by atoms with E-state index < -0.39 is 6.04 Å². The third-order valence-electron chi connectivity index (χ3n) is 2.72. The van der Waals surface area contributed by atoms with Gasteiger partial charge in [-0.15, -0.1) is 11.8 Å². The van der Waals surface area contributed by atoms with Crippen LogP contribution in [0.3, 0.4) is 0 Å². The number of nitrogens with zero attached hydrogens (tertiary/aromatic N) is 1. The van der Waals surface area contributed by atoms with Gasteiger partial charge in [-0.05, 0) is 38.1 Å². The van der Waals surface area contributed by atoms with E-state index in [2.05, 4.69) is 15.6 Å². The van der Waals surface area contributed by atoms with E-state index in [1.165, 1.54) is 18.7 Å². The number of anilines is 1. The van der Waals surface area contributed by atoms with E-state index in [0.29, 0.717) is 17.4 Å². The number of hydrogen-bond donors (Lipinski definition) is 2. The van der Waals surface area contributed by atoms with Crippen LogP contribution < -0.4 is 15.4 Å². The van der Waals surface area contributed by atoms with Crippen molar-refractivity contribution in [2.75, 3.05) is 24.1 Å². The number of ether oxygens (including phenoxy) is 1. The third kappa shape index (κ3) is 7.69. The number of nitrogens with one attached hydrogen (secondary N) is 2. The van der Waals surface area contributed by atoms with Crippen LogP contribution in [0.5, 0.6) is 5.75 Å². The number of rotatable bonds is 8. The first-order valence-electron chi connectivity index (χ1n) is 7.23. The molecule has 0 saturated carbocycles. The minimum absolute atomic E-state index is 0.0987. The van der Waals surface area contributed by atoms with Gasteiger partial charge in [-0.3, -0.25) is 14.6 Å². The molecule has 0 aliphatic carbocycles. The summed E-state index contributed by atoms with van der Waals surface area (Å²) in [5.41, 5.74) is 1.60. The molecule has 0 aromatic heterocycles. The highest BCUT2D eigenvalue weighted by atomic mass is 32.2. The lowest BCUT2D eigenvalue weighted by molar-refractivity contribution is -0.121. The maximum atomic E-state index is 11.7. The molecule has 1 unspecified atom stereocenters. The summed E-state index contributed by atoms with van der Waals surface area (Å²) in [6, 6.07) is 6.73. The first-order valence-corrected chi connectivity index (χ1v) is 8.38. The van der Waals surface area contributed by atoms with Gasteiger partial charge in [-0.2, -0.15) is 0 Å². The molecule has 1 rings (SSSR count). The zero-order chi connectivity index (χ0) is 17.2. The summed E-state index contributed by atoms with van der Waals surface area (Å²) in [5, 5.41) is 5.31. The van der Waals surface area contributed by atoms with Gasteiger partial charge in [0.1, 0.15) is 17.7 Å². The largest absolute Gasteiger partial charge is 0.483 e. The molecule has 2 N–H and O–H groups in total. The number of thioether (sulfide) groups is 1. The Balaban J connectivity index is 2.42. The predicted molar refractivity (Wildman–Crippen MR) is 95.3 cm³/mol. The zero-order valence-corrected chi connectivity index (χ0v) is 14.7. The molecule has 0 spiro atoms. The first-order chi connectivity index (χ1) is 10.9. The average Bonchev–Trinajstić information content (AvgIpc) is 2.50. The molecule has 0 radical (unpaired) electrons. The van der Waals surface area contributed by atoms with E-state index in [1.54, 1.807) is 31.3 Å². The molecule has 1 aromatic carbocycles. The van der Waals surface area contributed by atoms with E-state index in [9.17, 15) is 9.59 Å². The molecule has 23 heavy (non-hydrogen) atoms. The third-order valence-corrected chi connectivity index (χ3v) is 3.56. The molecular formula is C16H23N3O3S. The van der Waals surface area contributed by atoms with Crippen LogP contribution in [0.25, 0.3) is 0 Å². The molecule has 126 valence electrons. The number of carbonyl (C=O) groups excluding carboxylic acids is 2. The Morgan fingerprint density at radius 3 is 2.39 bits per heavy atom. The number of amides is 2. The normalized spacial score (nSPS) is 11.3. The van der Waals surface area contributed by atoms with Gasteiger partial charge in [0, 0.05) is 31.1 Å². The quantitative estimate of drug-likeness (QED) is 0.433. The molecule has 0 bridgehead atoms. The Morgan fingerprint density at radius 1 is 1.22 bits per heavy atom. The zero-order valence-electron chi connectivity index (χ0n) is 13.9. The van der Waals surface area contributed by atoms with E-state index in [4.69, 9.17) is 4.74 Å². The standard InChI is InChI=1S/C16H23N3O3S/c1-11(2)18-15(16(21)17-4)9-23-10-22-14-7-5-13(6-8-14)19-12(3)20/h5-8,15H,9-10H2,1-4H3,(H,17,21)(H,19,20). The summed E-state index contributed by atoms with van der Waals surface area (Å²) in [6.45, 7) is 5.20. The van der Waals surface area contributed by atoms with E-state index >= 15 is 0 Å². The molecule has 0 saturated heterocycles. The molecule has 0 aliphatic heterocycles. The SMILES string of the molecule is CNC(=O)C(CSCOc1ccc(NC(C)=O)cc1)N=C(C)C. The summed E-state index contributed by atoms with van der Waals surface area (Å²) in [4.78, 5) is 27.0. The van der Waals surface area contributed by atoms with E-state index in [-0.39, 0.29) is 11.8 Å². The maximum Gasteiger partial charge on any atom is 0.245 e. The number of likely N-dealkylation sites (N-methyl/N-ethyl adjacent to an activating group) is 1. The highest BCUT2D eigenvalue weighted by Crippen LogP contribution is 2.17. The molecule has 1 aromatic rings. The van der Waals surface area contributed by atoms with E-state index in [0.717, 1.165) is 11.4 Å². The van der Waals surface area contributed by atoms with Crippen LogP contribution in [-0.4, -0.2) is 42.3 Å². The molecule has 7 heteroatoms. The van der Waals surface area contributed by atoms with Crippen molar-refractivity contribution in [1.82, 2.24) is 5.32 Å². The average molecular weight is 337 g/mol. The van der Waals surface area contributed by atoms with Crippen LogP contribution in [0.15, 0.2) is 29.3 Å². The van der Waals surface area contributed by atoms with Crippen molar-refractivity contribution >= 4 is 35.0 Å². The Hall–Kier alpha value is -2.02. The first kappa shape index (κ1) is 19.0. The number of carbonyl (C=O) groups is 2. The molecule has 0 fully saturated rings. The molecule has 0 aliphatic rings. The number of hydrogen-bond acceptors (Lipinski definition) is 5. The van der Waals surface area contributed by atoms with Crippen LogP contribution in [0.1, 0.15) is 20.8 Å². The van der Waals surface area contributed by atoms with Gasteiger partial charge in [-0.25, -0.2) is 0 Å². The van der Waals surface area contributed by atoms with E-state index in [1.807, 2.05) is 13.8 Å². The van der Waals surface area contributed by atoms with Crippen molar-refractivity contribution < 1.29 is 14.3 Å². The van der Waals surface area contributed by atoms with Crippen LogP contribution in [0.2, 0.25) is 0 Å². The monoisotopic (exact) mass is 337 g/mol. The Bertz CT molecular complexity index is 554. The highest BCUT2D eigenvalue weighted by molar-refractivity contribution is 7.99. The molecule has 0 heterocycles. The van der Waals surface area contributed by atoms with Gasteiger partial charge in [0.05, 0.1) is 0 Å². The lowest BCUT2D eigenvalue weighted by Crippen LogP contribution is -2.33.